The van der Waals surface area contributed by atoms with Crippen LogP contribution in [0.4, 0.5) is 4.39 Å². The molecular weight excluding hydrogens is 295 g/mol. The highest BCUT2D eigenvalue weighted by Gasteiger charge is 2.24. The molecule has 2 rings (SSSR count). The van der Waals surface area contributed by atoms with E-state index in [1.54, 1.807) is 19.1 Å². The topological polar surface area (TPSA) is 43.4 Å². The number of ether oxygens (including phenoxy) is 1. The van der Waals surface area contributed by atoms with Gasteiger partial charge >= 0.3 is 5.97 Å². The van der Waals surface area contributed by atoms with Crippen LogP contribution in [0.3, 0.4) is 0 Å². The second kappa shape index (κ2) is 6.50. The summed E-state index contributed by atoms with van der Waals surface area (Å²) in [6, 6.07) is 10.1. The highest BCUT2D eigenvalue weighted by molar-refractivity contribution is 6.35. The molecule has 0 atom stereocenters. The SMILES string of the molecule is CCOC(=O)c1cccc(F)c1C(=O)c1ccccc1Cl. The van der Waals surface area contributed by atoms with Gasteiger partial charge in [0.25, 0.3) is 0 Å². The standard InChI is InChI=1S/C16H12ClFO3/c1-2-21-16(20)11-7-5-9-13(18)14(11)15(19)10-6-3-4-8-12(10)17/h3-9H,2H2,1H3. The van der Waals surface area contributed by atoms with E-state index in [1.807, 2.05) is 0 Å². The van der Waals surface area contributed by atoms with Gasteiger partial charge in [-0.05, 0) is 31.2 Å². The summed E-state index contributed by atoms with van der Waals surface area (Å²) in [5, 5.41) is 0.195. The number of rotatable bonds is 4. The van der Waals surface area contributed by atoms with E-state index >= 15 is 0 Å². The zero-order valence-electron chi connectivity index (χ0n) is 11.2. The molecular formula is C16H12ClFO3. The third kappa shape index (κ3) is 3.11. The molecule has 0 saturated carbocycles. The highest BCUT2D eigenvalue weighted by atomic mass is 35.5. The second-order valence-electron chi connectivity index (χ2n) is 4.19. The van der Waals surface area contributed by atoms with Crippen LogP contribution in [0.1, 0.15) is 33.2 Å². The lowest BCUT2D eigenvalue weighted by atomic mass is 9.97. The number of ketones is 1. The Kier molecular flexibility index (Phi) is 4.70. The van der Waals surface area contributed by atoms with Crippen LogP contribution >= 0.6 is 11.6 Å². The predicted molar refractivity (Wildman–Crippen MR) is 77.2 cm³/mol. The molecule has 2 aromatic carbocycles. The van der Waals surface area contributed by atoms with Gasteiger partial charge in [-0.3, -0.25) is 4.79 Å². The van der Waals surface area contributed by atoms with Crippen LogP contribution in [-0.4, -0.2) is 18.4 Å². The number of hydrogen-bond acceptors (Lipinski definition) is 3. The monoisotopic (exact) mass is 306 g/mol. The Bertz CT molecular complexity index is 698. The first-order valence-electron chi connectivity index (χ1n) is 6.31. The number of carbonyl (C=O) groups is 2. The molecule has 2 aromatic rings. The van der Waals surface area contributed by atoms with Crippen molar-refractivity contribution in [2.45, 2.75) is 6.92 Å². The van der Waals surface area contributed by atoms with Crippen LogP contribution in [0.5, 0.6) is 0 Å². The summed E-state index contributed by atoms with van der Waals surface area (Å²) in [6.07, 6.45) is 0. The van der Waals surface area contributed by atoms with Crippen LogP contribution < -0.4 is 0 Å². The van der Waals surface area contributed by atoms with Gasteiger partial charge in [-0.25, -0.2) is 9.18 Å². The minimum Gasteiger partial charge on any atom is -0.462 e. The van der Waals surface area contributed by atoms with Gasteiger partial charge in [0.15, 0.2) is 5.78 Å². The Hall–Kier alpha value is -2.20. The van der Waals surface area contributed by atoms with Crippen molar-refractivity contribution in [3.63, 3.8) is 0 Å². The van der Waals surface area contributed by atoms with Gasteiger partial charge in [0.05, 0.1) is 22.8 Å². The normalized spacial score (nSPS) is 10.2. The van der Waals surface area contributed by atoms with Crippen LogP contribution in [0.15, 0.2) is 42.5 Å². The zero-order valence-corrected chi connectivity index (χ0v) is 12.0. The van der Waals surface area contributed by atoms with Crippen molar-refractivity contribution in [3.8, 4) is 0 Å². The molecule has 0 fully saturated rings. The fourth-order valence-corrected chi connectivity index (χ4v) is 2.14. The maximum Gasteiger partial charge on any atom is 0.338 e. The van der Waals surface area contributed by atoms with E-state index in [2.05, 4.69) is 0 Å². The molecule has 0 amide bonds. The lowest BCUT2D eigenvalue weighted by Gasteiger charge is -2.10. The van der Waals surface area contributed by atoms with Crippen molar-refractivity contribution in [1.29, 1.82) is 0 Å². The molecule has 3 nitrogen and oxygen atoms in total. The molecule has 0 radical (unpaired) electrons. The average molecular weight is 307 g/mol. The predicted octanol–water partition coefficient (Wildman–Crippen LogP) is 3.89. The molecule has 0 spiro atoms. The molecule has 0 aliphatic heterocycles. The largest absolute Gasteiger partial charge is 0.462 e. The van der Waals surface area contributed by atoms with Gasteiger partial charge in [-0.2, -0.15) is 0 Å². The Balaban J connectivity index is 2.56. The lowest BCUT2D eigenvalue weighted by molar-refractivity contribution is 0.0522. The highest BCUT2D eigenvalue weighted by Crippen LogP contribution is 2.23. The first-order valence-corrected chi connectivity index (χ1v) is 6.69. The molecule has 108 valence electrons. The maximum atomic E-state index is 14.0. The number of hydrogen-bond donors (Lipinski definition) is 0. The first-order chi connectivity index (χ1) is 10.1. The number of benzene rings is 2. The molecule has 21 heavy (non-hydrogen) atoms. The minimum atomic E-state index is -0.787. The van der Waals surface area contributed by atoms with E-state index in [4.69, 9.17) is 16.3 Å². The summed E-state index contributed by atoms with van der Waals surface area (Å²) in [5.74, 6) is -2.18. The van der Waals surface area contributed by atoms with E-state index in [1.165, 1.54) is 24.3 Å². The summed E-state index contributed by atoms with van der Waals surface area (Å²) < 4.78 is 18.9. The van der Waals surface area contributed by atoms with Gasteiger partial charge in [-0.15, -0.1) is 0 Å². The fraction of sp³-hybridized carbons (Fsp3) is 0.125. The molecule has 0 bridgehead atoms. The smallest absolute Gasteiger partial charge is 0.338 e. The van der Waals surface area contributed by atoms with E-state index in [0.29, 0.717) is 0 Å². The van der Waals surface area contributed by atoms with Crippen LogP contribution in [0, 0.1) is 5.82 Å². The number of carbonyl (C=O) groups excluding carboxylic acids is 2. The van der Waals surface area contributed by atoms with Crippen LogP contribution in [-0.2, 0) is 4.74 Å². The lowest BCUT2D eigenvalue weighted by Crippen LogP contribution is -2.15. The second-order valence-corrected chi connectivity index (χ2v) is 4.60. The van der Waals surface area contributed by atoms with E-state index in [-0.39, 0.29) is 28.3 Å². The maximum absolute atomic E-state index is 14.0. The third-order valence-electron chi connectivity index (χ3n) is 2.85. The van der Waals surface area contributed by atoms with Crippen molar-refractivity contribution in [1.82, 2.24) is 0 Å². The number of halogens is 2. The Morgan fingerprint density at radius 2 is 1.76 bits per heavy atom. The minimum absolute atomic E-state index is 0.109. The average Bonchev–Trinajstić information content (AvgIpc) is 2.47. The Morgan fingerprint density at radius 1 is 1.10 bits per heavy atom. The molecule has 0 aliphatic rings. The van der Waals surface area contributed by atoms with Crippen molar-refractivity contribution < 1.29 is 18.7 Å². The molecule has 0 unspecified atom stereocenters. The molecule has 5 heteroatoms. The summed E-state index contributed by atoms with van der Waals surface area (Å²) in [6.45, 7) is 1.77. The third-order valence-corrected chi connectivity index (χ3v) is 3.18. The van der Waals surface area contributed by atoms with E-state index in [0.717, 1.165) is 6.07 Å². The van der Waals surface area contributed by atoms with E-state index in [9.17, 15) is 14.0 Å². The van der Waals surface area contributed by atoms with Crippen molar-refractivity contribution in [2.75, 3.05) is 6.61 Å². The van der Waals surface area contributed by atoms with Gasteiger partial charge in [0.2, 0.25) is 0 Å². The van der Waals surface area contributed by atoms with Crippen molar-refractivity contribution in [2.24, 2.45) is 0 Å². The summed E-state index contributed by atoms with van der Waals surface area (Å²) in [7, 11) is 0. The molecule has 0 aliphatic carbocycles. The molecule has 0 saturated heterocycles. The molecule has 0 aromatic heterocycles. The van der Waals surface area contributed by atoms with Gasteiger partial charge in [-0.1, -0.05) is 29.8 Å². The molecule has 0 heterocycles. The van der Waals surface area contributed by atoms with Gasteiger partial charge in [0, 0.05) is 5.56 Å². The molecule has 0 N–H and O–H groups in total. The van der Waals surface area contributed by atoms with E-state index < -0.39 is 17.6 Å². The van der Waals surface area contributed by atoms with Crippen molar-refractivity contribution in [3.05, 3.63) is 70.0 Å². The Labute approximate surface area is 126 Å². The fourth-order valence-electron chi connectivity index (χ4n) is 1.91. The van der Waals surface area contributed by atoms with Gasteiger partial charge < -0.3 is 4.74 Å². The zero-order chi connectivity index (χ0) is 15.4. The first kappa shape index (κ1) is 15.2. The van der Waals surface area contributed by atoms with Crippen LogP contribution in [0.2, 0.25) is 5.02 Å². The van der Waals surface area contributed by atoms with Gasteiger partial charge in [0.1, 0.15) is 5.82 Å². The van der Waals surface area contributed by atoms with Crippen molar-refractivity contribution >= 4 is 23.4 Å². The summed E-state index contributed by atoms with van der Waals surface area (Å²) in [4.78, 5) is 24.3. The van der Waals surface area contributed by atoms with Crippen LogP contribution in [0.25, 0.3) is 0 Å². The number of esters is 1. The quantitative estimate of drug-likeness (QED) is 0.636. The summed E-state index contributed by atoms with van der Waals surface area (Å²) in [5.41, 5.74) is -0.305. The Morgan fingerprint density at radius 3 is 2.43 bits per heavy atom. The summed E-state index contributed by atoms with van der Waals surface area (Å²) >= 11 is 5.95.